The minimum Gasteiger partial charge on any atom is -0.462 e. The summed E-state index contributed by atoms with van der Waals surface area (Å²) in [6, 6.07) is 23.8. The SMILES string of the molecule is CC1(c2ccccc2-c2nc3ccccc3o2)Nc2ccccc2O1. The molecule has 1 aromatic heterocycles. The Morgan fingerprint density at radius 1 is 0.880 bits per heavy atom. The molecule has 0 radical (unpaired) electrons. The molecule has 1 unspecified atom stereocenters. The number of anilines is 1. The molecule has 1 N–H and O–H groups in total. The second-order valence-corrected chi connectivity index (χ2v) is 6.29. The van der Waals surface area contributed by atoms with Crippen LogP contribution >= 0.6 is 0 Å². The summed E-state index contributed by atoms with van der Waals surface area (Å²) in [4.78, 5) is 4.65. The van der Waals surface area contributed by atoms with E-state index in [1.54, 1.807) is 0 Å². The van der Waals surface area contributed by atoms with Gasteiger partial charge in [0.2, 0.25) is 11.6 Å². The molecule has 5 rings (SSSR count). The van der Waals surface area contributed by atoms with Crippen molar-refractivity contribution in [3.8, 4) is 17.2 Å². The van der Waals surface area contributed by atoms with Crippen molar-refractivity contribution in [2.45, 2.75) is 12.6 Å². The van der Waals surface area contributed by atoms with Crippen molar-refractivity contribution in [2.24, 2.45) is 0 Å². The Hall–Kier alpha value is -3.27. The third kappa shape index (κ3) is 2.18. The van der Waals surface area contributed by atoms with Crippen molar-refractivity contribution in [3.05, 3.63) is 78.4 Å². The Morgan fingerprint density at radius 2 is 1.64 bits per heavy atom. The van der Waals surface area contributed by atoms with E-state index in [1.807, 2.05) is 79.7 Å². The molecule has 1 aliphatic rings. The molecule has 2 heterocycles. The summed E-state index contributed by atoms with van der Waals surface area (Å²) in [6.07, 6.45) is 0. The normalized spacial score (nSPS) is 18.6. The predicted molar refractivity (Wildman–Crippen MR) is 97.5 cm³/mol. The molecule has 25 heavy (non-hydrogen) atoms. The van der Waals surface area contributed by atoms with Gasteiger partial charge in [0.25, 0.3) is 0 Å². The van der Waals surface area contributed by atoms with Gasteiger partial charge in [0, 0.05) is 11.1 Å². The van der Waals surface area contributed by atoms with Crippen LogP contribution in [0.25, 0.3) is 22.6 Å². The van der Waals surface area contributed by atoms with Crippen LogP contribution in [0.4, 0.5) is 5.69 Å². The number of hydrogen-bond acceptors (Lipinski definition) is 4. The lowest BCUT2D eigenvalue weighted by atomic mass is 9.98. The Kier molecular flexibility index (Phi) is 2.88. The minimum atomic E-state index is -0.680. The summed E-state index contributed by atoms with van der Waals surface area (Å²) in [5, 5.41) is 3.48. The van der Waals surface area contributed by atoms with Gasteiger partial charge in [-0.3, -0.25) is 0 Å². The van der Waals surface area contributed by atoms with Crippen molar-refractivity contribution in [1.29, 1.82) is 0 Å². The predicted octanol–water partition coefficient (Wildman–Crippen LogP) is 5.17. The van der Waals surface area contributed by atoms with E-state index in [4.69, 9.17) is 9.15 Å². The number of aromatic nitrogens is 1. The molecular weight excluding hydrogens is 312 g/mol. The smallest absolute Gasteiger partial charge is 0.227 e. The summed E-state index contributed by atoms with van der Waals surface area (Å²) in [7, 11) is 0. The van der Waals surface area contributed by atoms with Gasteiger partial charge in [-0.1, -0.05) is 42.5 Å². The monoisotopic (exact) mass is 328 g/mol. The standard InChI is InChI=1S/C21H16N2O2/c1-21(23-17-11-5-7-13-19(17)25-21)15-9-3-2-8-14(15)20-22-16-10-4-6-12-18(16)24-20/h2-13,23H,1H3. The molecule has 1 aliphatic heterocycles. The van der Waals surface area contributed by atoms with Crippen LogP contribution in [-0.4, -0.2) is 4.98 Å². The molecule has 4 nitrogen and oxygen atoms in total. The summed E-state index contributed by atoms with van der Waals surface area (Å²) >= 11 is 0. The lowest BCUT2D eigenvalue weighted by Crippen LogP contribution is -2.34. The highest BCUT2D eigenvalue weighted by Gasteiger charge is 2.38. The van der Waals surface area contributed by atoms with E-state index in [0.717, 1.165) is 33.7 Å². The van der Waals surface area contributed by atoms with Crippen LogP contribution in [-0.2, 0) is 5.72 Å². The van der Waals surface area contributed by atoms with Crippen LogP contribution in [0.5, 0.6) is 5.75 Å². The van der Waals surface area contributed by atoms with E-state index in [9.17, 15) is 0 Å². The molecule has 0 aliphatic carbocycles. The first-order valence-corrected chi connectivity index (χ1v) is 8.25. The first-order valence-electron chi connectivity index (χ1n) is 8.25. The maximum Gasteiger partial charge on any atom is 0.227 e. The molecule has 4 heteroatoms. The number of oxazole rings is 1. The molecule has 0 spiro atoms. The number of nitrogens with one attached hydrogen (secondary N) is 1. The van der Waals surface area contributed by atoms with Crippen LogP contribution in [0.15, 0.2) is 77.2 Å². The van der Waals surface area contributed by atoms with Crippen LogP contribution in [0, 0.1) is 0 Å². The number of fused-ring (bicyclic) bond motifs is 2. The van der Waals surface area contributed by atoms with Crippen molar-refractivity contribution in [1.82, 2.24) is 4.98 Å². The molecule has 0 fully saturated rings. The van der Waals surface area contributed by atoms with Gasteiger partial charge >= 0.3 is 0 Å². The van der Waals surface area contributed by atoms with E-state index in [0.29, 0.717) is 5.89 Å². The Balaban J connectivity index is 1.64. The molecule has 122 valence electrons. The minimum absolute atomic E-state index is 0.597. The number of benzene rings is 3. The molecule has 0 bridgehead atoms. The van der Waals surface area contributed by atoms with E-state index in [1.165, 1.54) is 0 Å². The average molecular weight is 328 g/mol. The first-order chi connectivity index (χ1) is 12.2. The number of rotatable bonds is 2. The van der Waals surface area contributed by atoms with Crippen LogP contribution in [0.2, 0.25) is 0 Å². The number of nitrogens with zero attached hydrogens (tertiary/aromatic N) is 1. The lowest BCUT2D eigenvalue weighted by molar-refractivity contribution is 0.140. The zero-order valence-corrected chi connectivity index (χ0v) is 13.7. The summed E-state index contributed by atoms with van der Waals surface area (Å²) in [6.45, 7) is 2.02. The van der Waals surface area contributed by atoms with Gasteiger partial charge in [0.1, 0.15) is 11.3 Å². The maximum absolute atomic E-state index is 6.24. The summed E-state index contributed by atoms with van der Waals surface area (Å²) in [5.74, 6) is 1.44. The number of hydrogen-bond donors (Lipinski definition) is 1. The fraction of sp³-hybridized carbons (Fsp3) is 0.0952. The fourth-order valence-corrected chi connectivity index (χ4v) is 3.36. The van der Waals surface area contributed by atoms with Crippen molar-refractivity contribution in [2.75, 3.05) is 5.32 Å². The number of ether oxygens (including phenoxy) is 1. The first kappa shape index (κ1) is 14.1. The van der Waals surface area contributed by atoms with Gasteiger partial charge in [0.05, 0.1) is 5.69 Å². The molecular formula is C21H16N2O2. The Labute approximate surface area is 145 Å². The fourth-order valence-electron chi connectivity index (χ4n) is 3.36. The van der Waals surface area contributed by atoms with E-state index < -0.39 is 5.72 Å². The van der Waals surface area contributed by atoms with Crippen LogP contribution < -0.4 is 10.1 Å². The quantitative estimate of drug-likeness (QED) is 0.551. The zero-order chi connectivity index (χ0) is 16.9. The molecule has 3 aromatic carbocycles. The lowest BCUT2D eigenvalue weighted by Gasteiger charge is -2.26. The van der Waals surface area contributed by atoms with Crippen LogP contribution in [0.3, 0.4) is 0 Å². The number of para-hydroxylation sites is 4. The second kappa shape index (κ2) is 5.11. The Bertz CT molecular complexity index is 1030. The van der Waals surface area contributed by atoms with E-state index >= 15 is 0 Å². The van der Waals surface area contributed by atoms with Gasteiger partial charge in [0.15, 0.2) is 5.58 Å². The highest BCUT2D eigenvalue weighted by Crippen LogP contribution is 2.44. The molecule has 0 saturated heterocycles. The summed E-state index contributed by atoms with van der Waals surface area (Å²) < 4.78 is 12.2. The topological polar surface area (TPSA) is 47.3 Å². The Morgan fingerprint density at radius 3 is 2.52 bits per heavy atom. The van der Waals surface area contributed by atoms with E-state index in [2.05, 4.69) is 10.3 Å². The van der Waals surface area contributed by atoms with Gasteiger partial charge in [-0.05, 0) is 37.3 Å². The highest BCUT2D eigenvalue weighted by molar-refractivity contribution is 5.77. The van der Waals surface area contributed by atoms with Crippen molar-refractivity contribution < 1.29 is 9.15 Å². The molecule has 4 aromatic rings. The van der Waals surface area contributed by atoms with Crippen LogP contribution in [0.1, 0.15) is 12.5 Å². The second-order valence-electron chi connectivity index (χ2n) is 6.29. The highest BCUT2D eigenvalue weighted by atomic mass is 16.5. The van der Waals surface area contributed by atoms with Gasteiger partial charge in [-0.15, -0.1) is 0 Å². The zero-order valence-electron chi connectivity index (χ0n) is 13.7. The molecule has 1 atom stereocenters. The third-order valence-corrected chi connectivity index (χ3v) is 4.54. The van der Waals surface area contributed by atoms with Gasteiger partial charge < -0.3 is 14.5 Å². The summed E-state index contributed by atoms with van der Waals surface area (Å²) in [5.41, 5.74) is 3.83. The van der Waals surface area contributed by atoms with Crippen molar-refractivity contribution >= 4 is 16.8 Å². The molecule has 0 saturated carbocycles. The van der Waals surface area contributed by atoms with E-state index in [-0.39, 0.29) is 0 Å². The third-order valence-electron chi connectivity index (χ3n) is 4.54. The van der Waals surface area contributed by atoms with Gasteiger partial charge in [-0.2, -0.15) is 0 Å². The van der Waals surface area contributed by atoms with Crippen molar-refractivity contribution in [3.63, 3.8) is 0 Å². The molecule has 0 amide bonds. The maximum atomic E-state index is 6.24. The average Bonchev–Trinajstić information content (AvgIpc) is 3.22. The largest absolute Gasteiger partial charge is 0.462 e. The van der Waals surface area contributed by atoms with Gasteiger partial charge in [-0.25, -0.2) is 4.98 Å².